The van der Waals surface area contributed by atoms with Crippen LogP contribution in [-0.2, 0) is 14.3 Å². The number of aliphatic hydroxyl groups is 1. The van der Waals surface area contributed by atoms with Crippen molar-refractivity contribution in [2.75, 3.05) is 40.0 Å². The van der Waals surface area contributed by atoms with Gasteiger partial charge in [-0.1, -0.05) is 19.1 Å². The molecule has 1 heterocycles. The quantitative estimate of drug-likeness (QED) is 0.425. The van der Waals surface area contributed by atoms with Gasteiger partial charge in [-0.3, -0.25) is 14.5 Å². The van der Waals surface area contributed by atoms with Crippen LogP contribution < -0.4 is 4.74 Å². The second-order valence-corrected chi connectivity index (χ2v) is 7.28. The number of benzene rings is 1. The standard InChI is InChI=1S/C22H32N2O5/c1-5-14-29-18-9-7-17(8-10-18)19-20(23(4)12-13-25)22(27)24(21(19)26)11-6-15-28-16(2)3/h7-10,16,25H,5-6,11-15H2,1-4H3. The average Bonchev–Trinajstić information content (AvgIpc) is 2.94. The van der Waals surface area contributed by atoms with Crippen LogP contribution in [0.3, 0.4) is 0 Å². The summed E-state index contributed by atoms with van der Waals surface area (Å²) in [7, 11) is 1.71. The Bertz CT molecular complexity index is 727. The molecule has 160 valence electrons. The van der Waals surface area contributed by atoms with Gasteiger partial charge < -0.3 is 19.5 Å². The van der Waals surface area contributed by atoms with E-state index in [-0.39, 0.29) is 31.1 Å². The lowest BCUT2D eigenvalue weighted by atomic mass is 10.0. The van der Waals surface area contributed by atoms with E-state index in [4.69, 9.17) is 9.47 Å². The lowest BCUT2D eigenvalue weighted by molar-refractivity contribution is -0.137. The van der Waals surface area contributed by atoms with Crippen molar-refractivity contribution >= 4 is 17.4 Å². The molecule has 1 aliphatic heterocycles. The maximum absolute atomic E-state index is 13.1. The molecule has 0 radical (unpaired) electrons. The Morgan fingerprint density at radius 2 is 1.79 bits per heavy atom. The summed E-state index contributed by atoms with van der Waals surface area (Å²) in [5, 5.41) is 9.31. The molecular formula is C22H32N2O5. The summed E-state index contributed by atoms with van der Waals surface area (Å²) in [4.78, 5) is 29.0. The van der Waals surface area contributed by atoms with Crippen LogP contribution in [0.4, 0.5) is 0 Å². The van der Waals surface area contributed by atoms with Crippen molar-refractivity contribution in [1.29, 1.82) is 0 Å². The van der Waals surface area contributed by atoms with Crippen LogP contribution in [0.5, 0.6) is 5.75 Å². The highest BCUT2D eigenvalue weighted by Crippen LogP contribution is 2.32. The van der Waals surface area contributed by atoms with Crippen molar-refractivity contribution < 1.29 is 24.2 Å². The predicted molar refractivity (Wildman–Crippen MR) is 111 cm³/mol. The van der Waals surface area contributed by atoms with Crippen molar-refractivity contribution in [1.82, 2.24) is 9.80 Å². The second kappa shape index (κ2) is 11.0. The zero-order chi connectivity index (χ0) is 21.4. The number of imide groups is 1. The molecule has 1 aliphatic rings. The molecule has 1 N–H and O–H groups in total. The number of aliphatic hydroxyl groups excluding tert-OH is 1. The Hall–Kier alpha value is -2.38. The molecule has 1 aromatic rings. The van der Waals surface area contributed by atoms with Crippen LogP contribution in [-0.4, -0.2) is 72.8 Å². The van der Waals surface area contributed by atoms with Gasteiger partial charge in [-0.05, 0) is 44.4 Å². The summed E-state index contributed by atoms with van der Waals surface area (Å²) >= 11 is 0. The van der Waals surface area contributed by atoms with Gasteiger partial charge in [0.1, 0.15) is 11.4 Å². The molecule has 0 fully saturated rings. The monoisotopic (exact) mass is 404 g/mol. The number of ether oxygens (including phenoxy) is 2. The summed E-state index contributed by atoms with van der Waals surface area (Å²) in [6.07, 6.45) is 1.59. The van der Waals surface area contributed by atoms with Gasteiger partial charge in [0.05, 0.1) is 24.9 Å². The molecule has 7 nitrogen and oxygen atoms in total. The van der Waals surface area contributed by atoms with E-state index in [1.807, 2.05) is 20.8 Å². The highest BCUT2D eigenvalue weighted by molar-refractivity contribution is 6.35. The number of carbonyl (C=O) groups excluding carboxylic acids is 2. The summed E-state index contributed by atoms with van der Waals surface area (Å²) in [6.45, 7) is 7.48. The van der Waals surface area contributed by atoms with Gasteiger partial charge in [0.15, 0.2) is 0 Å². The first-order valence-corrected chi connectivity index (χ1v) is 10.2. The number of amides is 2. The van der Waals surface area contributed by atoms with Crippen LogP contribution in [0.15, 0.2) is 30.0 Å². The smallest absolute Gasteiger partial charge is 0.277 e. The van der Waals surface area contributed by atoms with Crippen LogP contribution in [0.25, 0.3) is 5.57 Å². The van der Waals surface area contributed by atoms with E-state index >= 15 is 0 Å². The van der Waals surface area contributed by atoms with Crippen molar-refractivity contribution in [2.45, 2.75) is 39.7 Å². The molecule has 0 saturated carbocycles. The topological polar surface area (TPSA) is 79.3 Å². The van der Waals surface area contributed by atoms with E-state index in [0.717, 1.165) is 12.2 Å². The first-order valence-electron chi connectivity index (χ1n) is 10.2. The van der Waals surface area contributed by atoms with Crippen LogP contribution in [0, 0.1) is 0 Å². The van der Waals surface area contributed by atoms with E-state index in [9.17, 15) is 14.7 Å². The normalized spacial score (nSPS) is 14.3. The van der Waals surface area contributed by atoms with Gasteiger partial charge in [-0.2, -0.15) is 0 Å². The Balaban J connectivity index is 2.26. The molecule has 0 aliphatic carbocycles. The van der Waals surface area contributed by atoms with E-state index in [2.05, 4.69) is 0 Å². The maximum atomic E-state index is 13.1. The first-order chi connectivity index (χ1) is 13.9. The second-order valence-electron chi connectivity index (χ2n) is 7.28. The largest absolute Gasteiger partial charge is 0.494 e. The van der Waals surface area contributed by atoms with Crippen LogP contribution in [0.2, 0.25) is 0 Å². The summed E-state index contributed by atoms with van der Waals surface area (Å²) < 4.78 is 11.1. The third-order valence-corrected chi connectivity index (χ3v) is 4.55. The number of likely N-dealkylation sites (N-methyl/N-ethyl adjacent to an activating group) is 1. The average molecular weight is 405 g/mol. The third-order valence-electron chi connectivity index (χ3n) is 4.55. The van der Waals surface area contributed by atoms with Gasteiger partial charge in [0.25, 0.3) is 11.8 Å². The van der Waals surface area contributed by atoms with Crippen molar-refractivity contribution in [3.05, 3.63) is 35.5 Å². The third kappa shape index (κ3) is 5.81. The van der Waals surface area contributed by atoms with Gasteiger partial charge in [0.2, 0.25) is 0 Å². The molecule has 7 heteroatoms. The molecule has 0 unspecified atom stereocenters. The minimum absolute atomic E-state index is 0.105. The van der Waals surface area contributed by atoms with E-state index < -0.39 is 0 Å². The molecule has 2 amide bonds. The molecule has 2 rings (SSSR count). The zero-order valence-electron chi connectivity index (χ0n) is 17.8. The highest BCUT2D eigenvalue weighted by Gasteiger charge is 2.40. The van der Waals surface area contributed by atoms with Gasteiger partial charge >= 0.3 is 0 Å². The maximum Gasteiger partial charge on any atom is 0.277 e. The van der Waals surface area contributed by atoms with E-state index in [0.29, 0.717) is 43.0 Å². The highest BCUT2D eigenvalue weighted by atomic mass is 16.5. The lowest BCUT2D eigenvalue weighted by Gasteiger charge is -2.20. The van der Waals surface area contributed by atoms with Gasteiger partial charge in [-0.15, -0.1) is 0 Å². The van der Waals surface area contributed by atoms with Crippen LogP contribution in [0.1, 0.15) is 39.2 Å². The fraction of sp³-hybridized carbons (Fsp3) is 0.545. The van der Waals surface area contributed by atoms with E-state index in [1.165, 1.54) is 4.90 Å². The number of hydrogen-bond acceptors (Lipinski definition) is 6. The molecule has 0 bridgehead atoms. The lowest BCUT2D eigenvalue weighted by Crippen LogP contribution is -2.36. The molecule has 0 atom stereocenters. The summed E-state index contributed by atoms with van der Waals surface area (Å²) in [5.74, 6) is 0.0688. The SMILES string of the molecule is CCCOc1ccc(C2=C(N(C)CCO)C(=O)N(CCCOC(C)C)C2=O)cc1. The molecule has 0 spiro atoms. The van der Waals surface area contributed by atoms with E-state index in [1.54, 1.807) is 36.2 Å². The molecule has 29 heavy (non-hydrogen) atoms. The number of rotatable bonds is 12. The predicted octanol–water partition coefficient (Wildman–Crippen LogP) is 2.29. The number of nitrogens with zero attached hydrogens (tertiary/aromatic N) is 2. The van der Waals surface area contributed by atoms with Crippen molar-refractivity contribution in [3.8, 4) is 5.75 Å². The Labute approximate surface area is 172 Å². The number of hydrogen-bond donors (Lipinski definition) is 1. The molecule has 0 aromatic heterocycles. The van der Waals surface area contributed by atoms with Gasteiger partial charge in [-0.25, -0.2) is 0 Å². The van der Waals surface area contributed by atoms with Crippen molar-refractivity contribution in [2.24, 2.45) is 0 Å². The fourth-order valence-corrected chi connectivity index (χ4v) is 3.12. The molecule has 1 aromatic carbocycles. The van der Waals surface area contributed by atoms with Crippen molar-refractivity contribution in [3.63, 3.8) is 0 Å². The van der Waals surface area contributed by atoms with Gasteiger partial charge in [0, 0.05) is 26.7 Å². The fourth-order valence-electron chi connectivity index (χ4n) is 3.12. The zero-order valence-corrected chi connectivity index (χ0v) is 17.8. The Morgan fingerprint density at radius 1 is 1.10 bits per heavy atom. The number of carbonyl (C=O) groups is 2. The minimum Gasteiger partial charge on any atom is -0.494 e. The molecule has 0 saturated heterocycles. The summed E-state index contributed by atoms with van der Waals surface area (Å²) in [6, 6.07) is 7.20. The first kappa shape index (κ1) is 22.9. The summed E-state index contributed by atoms with van der Waals surface area (Å²) in [5.41, 5.74) is 1.33. The minimum atomic E-state index is -0.336. The Kier molecular flexibility index (Phi) is 8.67. The molecular weight excluding hydrogens is 372 g/mol. The Morgan fingerprint density at radius 3 is 2.38 bits per heavy atom. The van der Waals surface area contributed by atoms with Crippen LogP contribution >= 0.6 is 0 Å².